The Labute approximate surface area is 96.8 Å². The molecule has 3 atom stereocenters. The van der Waals surface area contributed by atoms with Gasteiger partial charge in [-0.2, -0.15) is 0 Å². The molecule has 2 aliphatic heterocycles. The topological polar surface area (TPSA) is 66.6 Å². The number of carbonyl (C=O) groups is 1. The minimum absolute atomic E-state index is 0.0293. The fourth-order valence-electron chi connectivity index (χ4n) is 3.16. The zero-order valence-corrected chi connectivity index (χ0v) is 9.93. The maximum absolute atomic E-state index is 12.3. The molecule has 0 aromatic heterocycles. The molecule has 1 amide bonds. The van der Waals surface area contributed by atoms with E-state index in [0.717, 1.165) is 32.1 Å². The Morgan fingerprint density at radius 2 is 2.00 bits per heavy atom. The van der Waals surface area contributed by atoms with Crippen LogP contribution < -0.4 is 5.73 Å². The van der Waals surface area contributed by atoms with E-state index in [1.54, 1.807) is 0 Å². The van der Waals surface area contributed by atoms with Crippen LogP contribution in [-0.2, 0) is 4.79 Å². The van der Waals surface area contributed by atoms with E-state index < -0.39 is 0 Å². The van der Waals surface area contributed by atoms with Crippen molar-refractivity contribution in [1.82, 2.24) is 4.90 Å². The van der Waals surface area contributed by atoms with Crippen LogP contribution >= 0.6 is 0 Å². The number of fused-ring (bicyclic) bond motifs is 2. The summed E-state index contributed by atoms with van der Waals surface area (Å²) >= 11 is 0. The monoisotopic (exact) mass is 226 g/mol. The molecule has 2 fully saturated rings. The van der Waals surface area contributed by atoms with Gasteiger partial charge in [-0.15, -0.1) is 0 Å². The molecule has 2 rings (SSSR count). The summed E-state index contributed by atoms with van der Waals surface area (Å²) in [6.45, 7) is 2.45. The maximum atomic E-state index is 12.3. The minimum Gasteiger partial charge on any atom is -0.393 e. The lowest BCUT2D eigenvalue weighted by atomic mass is 9.96. The average Bonchev–Trinajstić information content (AvgIpc) is 2.53. The van der Waals surface area contributed by atoms with Crippen molar-refractivity contribution >= 4 is 5.91 Å². The Morgan fingerprint density at radius 3 is 2.44 bits per heavy atom. The predicted molar refractivity (Wildman–Crippen MR) is 61.7 cm³/mol. The molecule has 3 unspecified atom stereocenters. The molecule has 2 bridgehead atoms. The van der Waals surface area contributed by atoms with Gasteiger partial charge in [0.05, 0.1) is 12.0 Å². The zero-order valence-electron chi connectivity index (χ0n) is 9.93. The number of aliphatic hydroxyl groups excluding tert-OH is 1. The molecule has 0 radical (unpaired) electrons. The summed E-state index contributed by atoms with van der Waals surface area (Å²) in [6.07, 6.45) is 4.21. The second kappa shape index (κ2) is 4.72. The fourth-order valence-corrected chi connectivity index (χ4v) is 3.16. The smallest absolute Gasteiger partial charge is 0.227 e. The first-order chi connectivity index (χ1) is 7.67. The highest BCUT2D eigenvalue weighted by atomic mass is 16.3. The Hall–Kier alpha value is -0.610. The van der Waals surface area contributed by atoms with Crippen LogP contribution in [0.3, 0.4) is 0 Å². The van der Waals surface area contributed by atoms with E-state index in [1.165, 1.54) is 0 Å². The Kier molecular flexibility index (Phi) is 3.50. The standard InChI is InChI=1S/C12H22N2O2/c1-2-8(7-13)12(16)14-9-3-4-10(14)6-11(15)5-9/h8-11,15H,2-7,13H2,1H3. The molecule has 3 N–H and O–H groups in total. The number of rotatable bonds is 3. The van der Waals surface area contributed by atoms with E-state index in [9.17, 15) is 9.90 Å². The van der Waals surface area contributed by atoms with Gasteiger partial charge in [0.25, 0.3) is 0 Å². The van der Waals surface area contributed by atoms with Crippen molar-refractivity contribution < 1.29 is 9.90 Å². The summed E-state index contributed by atoms with van der Waals surface area (Å²) in [6, 6.07) is 0.531. The van der Waals surface area contributed by atoms with E-state index >= 15 is 0 Å². The number of hydrogen-bond donors (Lipinski definition) is 2. The third-order valence-corrected chi connectivity index (χ3v) is 4.09. The molecule has 0 aromatic rings. The van der Waals surface area contributed by atoms with Gasteiger partial charge in [-0.3, -0.25) is 4.79 Å². The Bertz CT molecular complexity index is 252. The molecular weight excluding hydrogens is 204 g/mol. The summed E-state index contributed by atoms with van der Waals surface area (Å²) in [4.78, 5) is 14.3. The van der Waals surface area contributed by atoms with Gasteiger partial charge < -0.3 is 15.7 Å². The van der Waals surface area contributed by atoms with Gasteiger partial charge in [0.15, 0.2) is 0 Å². The molecule has 0 aliphatic carbocycles. The van der Waals surface area contributed by atoms with Crippen LogP contribution in [-0.4, -0.2) is 40.6 Å². The van der Waals surface area contributed by atoms with Gasteiger partial charge in [-0.25, -0.2) is 0 Å². The fraction of sp³-hybridized carbons (Fsp3) is 0.917. The summed E-state index contributed by atoms with van der Waals surface area (Å²) in [7, 11) is 0. The number of nitrogens with two attached hydrogens (primary N) is 1. The Morgan fingerprint density at radius 1 is 1.44 bits per heavy atom. The molecule has 92 valence electrons. The Balaban J connectivity index is 2.07. The van der Waals surface area contributed by atoms with E-state index in [1.807, 2.05) is 11.8 Å². The first kappa shape index (κ1) is 11.9. The lowest BCUT2D eigenvalue weighted by molar-refractivity contribution is -0.141. The van der Waals surface area contributed by atoms with Crippen LogP contribution in [0, 0.1) is 5.92 Å². The quantitative estimate of drug-likeness (QED) is 0.736. The maximum Gasteiger partial charge on any atom is 0.227 e. The van der Waals surface area contributed by atoms with Crippen LogP contribution in [0.1, 0.15) is 39.0 Å². The molecule has 2 heterocycles. The first-order valence-corrected chi connectivity index (χ1v) is 6.37. The summed E-state index contributed by atoms with van der Waals surface area (Å²) in [5.41, 5.74) is 5.63. The molecule has 4 heteroatoms. The van der Waals surface area contributed by atoms with Crippen molar-refractivity contribution in [2.75, 3.05) is 6.54 Å². The SMILES string of the molecule is CCC(CN)C(=O)N1C2CCC1CC(O)C2. The normalized spacial score (nSPS) is 35.2. The van der Waals surface area contributed by atoms with Gasteiger partial charge in [0.1, 0.15) is 0 Å². The van der Waals surface area contributed by atoms with Crippen molar-refractivity contribution in [1.29, 1.82) is 0 Å². The second-order valence-corrected chi connectivity index (χ2v) is 5.10. The van der Waals surface area contributed by atoms with Gasteiger partial charge >= 0.3 is 0 Å². The number of hydrogen-bond acceptors (Lipinski definition) is 3. The molecule has 2 aliphatic rings. The van der Waals surface area contributed by atoms with Crippen molar-refractivity contribution in [3.8, 4) is 0 Å². The number of piperidine rings is 1. The second-order valence-electron chi connectivity index (χ2n) is 5.10. The average molecular weight is 226 g/mol. The number of amides is 1. The third-order valence-electron chi connectivity index (χ3n) is 4.09. The number of nitrogens with zero attached hydrogens (tertiary/aromatic N) is 1. The lowest BCUT2D eigenvalue weighted by Gasteiger charge is -2.39. The van der Waals surface area contributed by atoms with E-state index in [2.05, 4.69) is 0 Å². The van der Waals surface area contributed by atoms with Gasteiger partial charge in [-0.1, -0.05) is 6.92 Å². The summed E-state index contributed by atoms with van der Waals surface area (Å²) in [5.74, 6) is 0.183. The van der Waals surface area contributed by atoms with Crippen molar-refractivity contribution in [3.63, 3.8) is 0 Å². The van der Waals surface area contributed by atoms with Crippen LogP contribution in [0.5, 0.6) is 0 Å². The predicted octanol–water partition coefficient (Wildman–Crippen LogP) is 0.486. The summed E-state index contributed by atoms with van der Waals surface area (Å²) in [5, 5.41) is 9.68. The first-order valence-electron chi connectivity index (χ1n) is 6.37. The van der Waals surface area contributed by atoms with Gasteiger partial charge in [0, 0.05) is 18.6 Å². The van der Waals surface area contributed by atoms with Crippen molar-refractivity contribution in [2.45, 2.75) is 57.2 Å². The van der Waals surface area contributed by atoms with Crippen LogP contribution in [0.2, 0.25) is 0 Å². The molecule has 0 spiro atoms. The highest BCUT2D eigenvalue weighted by Gasteiger charge is 2.43. The highest BCUT2D eigenvalue weighted by Crippen LogP contribution is 2.36. The highest BCUT2D eigenvalue weighted by molar-refractivity contribution is 5.80. The molecule has 0 saturated carbocycles. The minimum atomic E-state index is -0.209. The molecular formula is C12H22N2O2. The van der Waals surface area contributed by atoms with E-state index in [4.69, 9.17) is 5.73 Å². The van der Waals surface area contributed by atoms with Crippen LogP contribution in [0.15, 0.2) is 0 Å². The third kappa shape index (κ3) is 1.96. The molecule has 16 heavy (non-hydrogen) atoms. The molecule has 4 nitrogen and oxygen atoms in total. The molecule has 2 saturated heterocycles. The van der Waals surface area contributed by atoms with Crippen LogP contribution in [0.4, 0.5) is 0 Å². The summed E-state index contributed by atoms with van der Waals surface area (Å²) < 4.78 is 0. The van der Waals surface area contributed by atoms with Crippen molar-refractivity contribution in [3.05, 3.63) is 0 Å². The number of carbonyl (C=O) groups excluding carboxylic acids is 1. The number of aliphatic hydroxyl groups is 1. The zero-order chi connectivity index (χ0) is 11.7. The van der Waals surface area contributed by atoms with E-state index in [-0.39, 0.29) is 30.0 Å². The molecule has 0 aromatic carbocycles. The van der Waals surface area contributed by atoms with Gasteiger partial charge in [0.2, 0.25) is 5.91 Å². The van der Waals surface area contributed by atoms with Gasteiger partial charge in [-0.05, 0) is 32.1 Å². The van der Waals surface area contributed by atoms with Crippen molar-refractivity contribution in [2.24, 2.45) is 11.7 Å². The lowest BCUT2D eigenvalue weighted by Crippen LogP contribution is -2.51. The van der Waals surface area contributed by atoms with Crippen LogP contribution in [0.25, 0.3) is 0 Å². The largest absolute Gasteiger partial charge is 0.393 e. The van der Waals surface area contributed by atoms with E-state index in [0.29, 0.717) is 6.54 Å².